The predicted octanol–water partition coefficient (Wildman–Crippen LogP) is 2.99. The van der Waals surface area contributed by atoms with Gasteiger partial charge in [0.1, 0.15) is 6.54 Å². The maximum Gasteiger partial charge on any atom is 0.261 e. The van der Waals surface area contributed by atoms with Crippen LogP contribution in [0.15, 0.2) is 46.8 Å². The summed E-state index contributed by atoms with van der Waals surface area (Å²) in [6.45, 7) is 1.83. The third-order valence-corrected chi connectivity index (χ3v) is 4.74. The van der Waals surface area contributed by atoms with Gasteiger partial charge in [0, 0.05) is 9.90 Å². The minimum absolute atomic E-state index is 0.0794. The number of benzene rings is 1. The first-order chi connectivity index (χ1) is 11.0. The van der Waals surface area contributed by atoms with E-state index in [0.717, 1.165) is 4.88 Å². The molecule has 0 saturated heterocycles. The lowest BCUT2D eigenvalue weighted by atomic mass is 10.2. The highest BCUT2D eigenvalue weighted by Crippen LogP contribution is 2.18. The van der Waals surface area contributed by atoms with Crippen LogP contribution in [0.5, 0.6) is 0 Å². The molecule has 0 radical (unpaired) electrons. The molecule has 0 bridgehead atoms. The highest BCUT2D eigenvalue weighted by molar-refractivity contribution is 7.10. The Morgan fingerprint density at radius 3 is 3.00 bits per heavy atom. The summed E-state index contributed by atoms with van der Waals surface area (Å²) >= 11 is 7.50. The van der Waals surface area contributed by atoms with Gasteiger partial charge >= 0.3 is 0 Å². The second kappa shape index (κ2) is 6.52. The molecule has 1 atom stereocenters. The maximum absolute atomic E-state index is 12.4. The molecule has 1 amide bonds. The second-order valence-electron chi connectivity index (χ2n) is 5.14. The van der Waals surface area contributed by atoms with Crippen molar-refractivity contribution in [2.75, 3.05) is 0 Å². The number of rotatable bonds is 4. The summed E-state index contributed by atoms with van der Waals surface area (Å²) in [6.07, 6.45) is 1.38. The van der Waals surface area contributed by atoms with Crippen LogP contribution in [0.2, 0.25) is 5.02 Å². The molecule has 0 spiro atoms. The molecule has 0 saturated carbocycles. The molecule has 2 heterocycles. The molecule has 1 aromatic carbocycles. The zero-order valence-electron chi connectivity index (χ0n) is 12.3. The van der Waals surface area contributed by atoms with Crippen LogP contribution in [0, 0.1) is 0 Å². The van der Waals surface area contributed by atoms with E-state index >= 15 is 0 Å². The highest BCUT2D eigenvalue weighted by atomic mass is 35.5. The quantitative estimate of drug-likeness (QED) is 0.789. The first kappa shape index (κ1) is 15.7. The normalized spacial score (nSPS) is 12.3. The van der Waals surface area contributed by atoms with Gasteiger partial charge in [0.25, 0.3) is 5.56 Å². The van der Waals surface area contributed by atoms with Gasteiger partial charge in [-0.25, -0.2) is 4.98 Å². The minimum atomic E-state index is -0.281. The van der Waals surface area contributed by atoms with Crippen LogP contribution >= 0.6 is 22.9 Å². The van der Waals surface area contributed by atoms with Crippen molar-refractivity contribution in [3.05, 3.63) is 62.3 Å². The van der Waals surface area contributed by atoms with Crippen LogP contribution in [0.4, 0.5) is 0 Å². The van der Waals surface area contributed by atoms with Crippen LogP contribution in [0.25, 0.3) is 10.9 Å². The molecule has 2 aromatic heterocycles. The SMILES string of the molecule is C[C@H](NC(=O)Cn1cnc2ccc(Cl)cc2c1=O)c1cccs1. The van der Waals surface area contributed by atoms with Crippen molar-refractivity contribution in [2.24, 2.45) is 0 Å². The summed E-state index contributed by atoms with van der Waals surface area (Å²) in [5.41, 5.74) is 0.277. The average Bonchev–Trinajstić information content (AvgIpc) is 3.05. The fourth-order valence-corrected chi connectivity index (χ4v) is 3.20. The first-order valence-corrected chi connectivity index (χ1v) is 8.28. The molecule has 7 heteroatoms. The summed E-state index contributed by atoms with van der Waals surface area (Å²) in [4.78, 5) is 29.8. The fraction of sp³-hybridized carbons (Fsp3) is 0.188. The molecule has 0 aliphatic heterocycles. The number of carbonyl (C=O) groups excluding carboxylic acids is 1. The highest BCUT2D eigenvalue weighted by Gasteiger charge is 2.12. The van der Waals surface area contributed by atoms with Crippen molar-refractivity contribution < 1.29 is 4.79 Å². The molecule has 0 aliphatic carbocycles. The molecule has 118 valence electrons. The van der Waals surface area contributed by atoms with E-state index < -0.39 is 0 Å². The lowest BCUT2D eigenvalue weighted by Gasteiger charge is -2.13. The van der Waals surface area contributed by atoms with E-state index in [2.05, 4.69) is 10.3 Å². The zero-order valence-corrected chi connectivity index (χ0v) is 13.9. The van der Waals surface area contributed by atoms with Gasteiger partial charge in [-0.1, -0.05) is 17.7 Å². The van der Waals surface area contributed by atoms with Gasteiger partial charge in [-0.05, 0) is 36.6 Å². The number of nitrogens with zero attached hydrogens (tertiary/aromatic N) is 2. The van der Waals surface area contributed by atoms with Gasteiger partial charge in [0.2, 0.25) is 5.91 Å². The van der Waals surface area contributed by atoms with Crippen molar-refractivity contribution in [3.8, 4) is 0 Å². The molecule has 0 fully saturated rings. The first-order valence-electron chi connectivity index (χ1n) is 7.02. The minimum Gasteiger partial charge on any atom is -0.347 e. The fourth-order valence-electron chi connectivity index (χ4n) is 2.29. The van der Waals surface area contributed by atoms with Gasteiger partial charge < -0.3 is 5.32 Å². The van der Waals surface area contributed by atoms with Crippen LogP contribution in [0.1, 0.15) is 17.8 Å². The number of carbonyl (C=O) groups is 1. The molecule has 23 heavy (non-hydrogen) atoms. The molecule has 5 nitrogen and oxygen atoms in total. The Balaban J connectivity index is 1.80. The molecule has 3 aromatic rings. The van der Waals surface area contributed by atoms with E-state index in [1.165, 1.54) is 10.9 Å². The van der Waals surface area contributed by atoms with E-state index in [1.807, 2.05) is 24.4 Å². The lowest BCUT2D eigenvalue weighted by molar-refractivity contribution is -0.122. The Bertz CT molecular complexity index is 905. The molecule has 0 unspecified atom stereocenters. The number of fused-ring (bicyclic) bond motifs is 1. The smallest absolute Gasteiger partial charge is 0.261 e. The van der Waals surface area contributed by atoms with E-state index in [9.17, 15) is 9.59 Å². The van der Waals surface area contributed by atoms with Crippen molar-refractivity contribution in [1.29, 1.82) is 0 Å². The Morgan fingerprint density at radius 1 is 1.43 bits per heavy atom. The Labute approximate surface area is 141 Å². The van der Waals surface area contributed by atoms with E-state index in [0.29, 0.717) is 15.9 Å². The van der Waals surface area contributed by atoms with Crippen molar-refractivity contribution in [3.63, 3.8) is 0 Å². The Hall–Kier alpha value is -2.18. The molecular formula is C16H14ClN3O2S. The average molecular weight is 348 g/mol. The van der Waals surface area contributed by atoms with Gasteiger partial charge in [-0.2, -0.15) is 0 Å². The number of hydrogen-bond acceptors (Lipinski definition) is 4. The van der Waals surface area contributed by atoms with E-state index in [4.69, 9.17) is 11.6 Å². The summed E-state index contributed by atoms with van der Waals surface area (Å²) in [5, 5.41) is 5.70. The third kappa shape index (κ3) is 3.43. The molecule has 0 aliphatic rings. The second-order valence-corrected chi connectivity index (χ2v) is 6.56. The van der Waals surface area contributed by atoms with E-state index in [-0.39, 0.29) is 24.1 Å². The number of halogens is 1. The van der Waals surface area contributed by atoms with Crippen molar-refractivity contribution in [1.82, 2.24) is 14.9 Å². The number of nitrogens with one attached hydrogen (secondary N) is 1. The number of thiophene rings is 1. The number of amides is 1. The van der Waals surface area contributed by atoms with Crippen LogP contribution in [-0.4, -0.2) is 15.5 Å². The monoisotopic (exact) mass is 347 g/mol. The van der Waals surface area contributed by atoms with Crippen LogP contribution < -0.4 is 10.9 Å². The molecule has 1 N–H and O–H groups in total. The number of hydrogen-bond donors (Lipinski definition) is 1. The summed E-state index contributed by atoms with van der Waals surface area (Å²) in [5.74, 6) is -0.240. The largest absolute Gasteiger partial charge is 0.347 e. The lowest BCUT2D eigenvalue weighted by Crippen LogP contribution is -2.33. The van der Waals surface area contributed by atoms with Gasteiger partial charge in [0.05, 0.1) is 23.3 Å². The molecular weight excluding hydrogens is 334 g/mol. The topological polar surface area (TPSA) is 64.0 Å². The summed E-state index contributed by atoms with van der Waals surface area (Å²) < 4.78 is 1.29. The third-order valence-electron chi connectivity index (χ3n) is 3.45. The zero-order chi connectivity index (χ0) is 16.4. The Kier molecular flexibility index (Phi) is 4.45. The standard InChI is InChI=1S/C16H14ClN3O2S/c1-10(14-3-2-6-23-14)19-15(21)8-20-9-18-13-5-4-11(17)7-12(13)16(20)22/h2-7,9-10H,8H2,1H3,(H,19,21)/t10-/m0/s1. The Morgan fingerprint density at radius 2 is 2.26 bits per heavy atom. The van der Waals surface area contributed by atoms with Crippen LogP contribution in [-0.2, 0) is 11.3 Å². The maximum atomic E-state index is 12.4. The van der Waals surface area contributed by atoms with Crippen LogP contribution in [0.3, 0.4) is 0 Å². The number of aromatic nitrogens is 2. The van der Waals surface area contributed by atoms with Gasteiger partial charge in [-0.3, -0.25) is 14.2 Å². The summed E-state index contributed by atoms with van der Waals surface area (Å²) in [6, 6.07) is 8.72. The van der Waals surface area contributed by atoms with Gasteiger partial charge in [0.15, 0.2) is 0 Å². The van der Waals surface area contributed by atoms with Crippen molar-refractivity contribution >= 4 is 39.7 Å². The predicted molar refractivity (Wildman–Crippen MR) is 91.9 cm³/mol. The van der Waals surface area contributed by atoms with Crippen molar-refractivity contribution in [2.45, 2.75) is 19.5 Å². The van der Waals surface area contributed by atoms with Gasteiger partial charge in [-0.15, -0.1) is 11.3 Å². The van der Waals surface area contributed by atoms with E-state index in [1.54, 1.807) is 29.5 Å². The summed E-state index contributed by atoms with van der Waals surface area (Å²) in [7, 11) is 0. The molecule has 3 rings (SSSR count).